The van der Waals surface area contributed by atoms with Crippen molar-refractivity contribution in [2.24, 2.45) is 0 Å². The third-order valence-electron chi connectivity index (χ3n) is 3.87. The Hall–Kier alpha value is -2.15. The molecule has 120 valence electrons. The Morgan fingerprint density at radius 2 is 2.00 bits per heavy atom. The predicted octanol–water partition coefficient (Wildman–Crippen LogP) is -0.376. The smallest absolute Gasteiger partial charge is 0.260 e. The highest BCUT2D eigenvalue weighted by molar-refractivity contribution is 5.94. The molecular formula is C15H22N4O3. The van der Waals surface area contributed by atoms with Crippen LogP contribution in [-0.4, -0.2) is 54.4 Å². The first kappa shape index (κ1) is 16.2. The van der Waals surface area contributed by atoms with Crippen LogP contribution in [0.1, 0.15) is 28.9 Å². The number of piperidine rings is 1. The van der Waals surface area contributed by atoms with Gasteiger partial charge in [-0.05, 0) is 31.9 Å². The highest BCUT2D eigenvalue weighted by Gasteiger charge is 2.23. The van der Waals surface area contributed by atoms with E-state index in [1.54, 1.807) is 26.1 Å². The number of rotatable bonds is 4. The van der Waals surface area contributed by atoms with Crippen LogP contribution in [0.2, 0.25) is 0 Å². The van der Waals surface area contributed by atoms with E-state index in [1.807, 2.05) is 0 Å². The molecule has 0 radical (unpaired) electrons. The number of aryl methyl sites for hydroxylation is 1. The number of carbonyl (C=O) groups excluding carboxylic acids is 2. The molecule has 0 bridgehead atoms. The monoisotopic (exact) mass is 306 g/mol. The van der Waals surface area contributed by atoms with Gasteiger partial charge in [-0.2, -0.15) is 0 Å². The van der Waals surface area contributed by atoms with Crippen molar-refractivity contribution in [3.8, 4) is 0 Å². The molecule has 0 aliphatic carbocycles. The van der Waals surface area contributed by atoms with Crippen LogP contribution in [0.15, 0.2) is 16.9 Å². The van der Waals surface area contributed by atoms with Gasteiger partial charge in [0.1, 0.15) is 5.56 Å². The Morgan fingerprint density at radius 3 is 2.59 bits per heavy atom. The summed E-state index contributed by atoms with van der Waals surface area (Å²) >= 11 is 0. The zero-order valence-electron chi connectivity index (χ0n) is 12.9. The van der Waals surface area contributed by atoms with E-state index < -0.39 is 0 Å². The second kappa shape index (κ2) is 7.22. The maximum absolute atomic E-state index is 12.1. The van der Waals surface area contributed by atoms with Crippen molar-refractivity contribution in [3.05, 3.63) is 33.7 Å². The van der Waals surface area contributed by atoms with Crippen LogP contribution in [0.25, 0.3) is 0 Å². The second-order valence-electron chi connectivity index (χ2n) is 5.58. The number of hydrogen-bond acceptors (Lipinski definition) is 4. The lowest BCUT2D eigenvalue weighted by Crippen LogP contribution is -2.47. The number of H-pyrrole nitrogens is 1. The number of carbonyl (C=O) groups is 2. The Kier molecular flexibility index (Phi) is 5.32. The van der Waals surface area contributed by atoms with Gasteiger partial charge >= 0.3 is 0 Å². The number of amides is 2. The SMILES string of the molecule is CNC(=O)CN1CCC(NC(=O)c2ccc(C)[nH]c2=O)CC1. The lowest BCUT2D eigenvalue weighted by molar-refractivity contribution is -0.122. The Balaban J connectivity index is 1.86. The summed E-state index contributed by atoms with van der Waals surface area (Å²) in [4.78, 5) is 39.9. The summed E-state index contributed by atoms with van der Waals surface area (Å²) in [7, 11) is 1.62. The van der Waals surface area contributed by atoms with E-state index in [1.165, 1.54) is 0 Å². The number of hydrogen-bond donors (Lipinski definition) is 3. The Labute approximate surface area is 129 Å². The topological polar surface area (TPSA) is 94.3 Å². The number of nitrogens with zero attached hydrogens (tertiary/aromatic N) is 1. The lowest BCUT2D eigenvalue weighted by atomic mass is 10.0. The second-order valence-corrected chi connectivity index (χ2v) is 5.58. The summed E-state index contributed by atoms with van der Waals surface area (Å²) in [6, 6.07) is 3.29. The molecular weight excluding hydrogens is 284 g/mol. The Bertz CT molecular complexity index is 603. The summed E-state index contributed by atoms with van der Waals surface area (Å²) < 4.78 is 0. The molecule has 7 heteroatoms. The fourth-order valence-corrected chi connectivity index (χ4v) is 2.53. The molecule has 1 aliphatic rings. The molecule has 3 N–H and O–H groups in total. The van der Waals surface area contributed by atoms with Crippen molar-refractivity contribution in [1.29, 1.82) is 0 Å². The fourth-order valence-electron chi connectivity index (χ4n) is 2.53. The molecule has 0 aromatic carbocycles. The average molecular weight is 306 g/mol. The van der Waals surface area contributed by atoms with Gasteiger partial charge in [-0.15, -0.1) is 0 Å². The molecule has 1 fully saturated rings. The molecule has 2 amide bonds. The summed E-state index contributed by atoms with van der Waals surface area (Å²) in [6.45, 7) is 3.66. The first-order chi connectivity index (χ1) is 10.5. The molecule has 22 heavy (non-hydrogen) atoms. The van der Waals surface area contributed by atoms with Crippen LogP contribution < -0.4 is 16.2 Å². The molecule has 0 spiro atoms. The third-order valence-corrected chi connectivity index (χ3v) is 3.87. The number of nitrogens with one attached hydrogen (secondary N) is 3. The van der Waals surface area contributed by atoms with Crippen LogP contribution in [0.3, 0.4) is 0 Å². The first-order valence-electron chi connectivity index (χ1n) is 7.43. The van der Waals surface area contributed by atoms with Crippen molar-refractivity contribution in [3.63, 3.8) is 0 Å². The van der Waals surface area contributed by atoms with E-state index in [0.29, 0.717) is 6.54 Å². The van der Waals surface area contributed by atoms with E-state index in [4.69, 9.17) is 0 Å². The fraction of sp³-hybridized carbons (Fsp3) is 0.533. The van der Waals surface area contributed by atoms with Gasteiger partial charge in [0.25, 0.3) is 11.5 Å². The predicted molar refractivity (Wildman–Crippen MR) is 82.8 cm³/mol. The van der Waals surface area contributed by atoms with Gasteiger partial charge in [-0.25, -0.2) is 0 Å². The Morgan fingerprint density at radius 1 is 1.32 bits per heavy atom. The molecule has 0 saturated carbocycles. The van der Waals surface area contributed by atoms with Crippen LogP contribution in [0, 0.1) is 6.92 Å². The van der Waals surface area contributed by atoms with E-state index in [-0.39, 0.29) is 29.0 Å². The highest BCUT2D eigenvalue weighted by atomic mass is 16.2. The largest absolute Gasteiger partial charge is 0.358 e. The first-order valence-corrected chi connectivity index (χ1v) is 7.43. The molecule has 0 unspecified atom stereocenters. The number of aromatic amines is 1. The summed E-state index contributed by atoms with van der Waals surface area (Å²) in [5.41, 5.74) is 0.497. The van der Waals surface area contributed by atoms with Crippen molar-refractivity contribution in [1.82, 2.24) is 20.5 Å². The standard InChI is InChI=1S/C15H22N4O3/c1-10-3-4-12(14(21)17-10)15(22)18-11-5-7-19(8-6-11)9-13(20)16-2/h3-4,11H,5-9H2,1-2H3,(H,16,20)(H,17,21)(H,18,22). The minimum atomic E-state index is -0.366. The molecule has 2 rings (SSSR count). The van der Waals surface area contributed by atoms with Crippen LogP contribution in [-0.2, 0) is 4.79 Å². The molecule has 1 aromatic rings. The summed E-state index contributed by atoms with van der Waals surface area (Å²) in [6.07, 6.45) is 1.54. The quantitative estimate of drug-likeness (QED) is 0.707. The molecule has 0 atom stereocenters. The van der Waals surface area contributed by atoms with E-state index >= 15 is 0 Å². The van der Waals surface area contributed by atoms with Gasteiger partial charge < -0.3 is 15.6 Å². The molecule has 1 aliphatic heterocycles. The zero-order chi connectivity index (χ0) is 16.1. The maximum Gasteiger partial charge on any atom is 0.260 e. The van der Waals surface area contributed by atoms with Gasteiger partial charge in [0.2, 0.25) is 5.91 Å². The molecule has 2 heterocycles. The maximum atomic E-state index is 12.1. The van der Waals surface area contributed by atoms with Crippen molar-refractivity contribution >= 4 is 11.8 Å². The van der Waals surface area contributed by atoms with Gasteiger partial charge in [-0.3, -0.25) is 19.3 Å². The third kappa shape index (κ3) is 4.17. The van der Waals surface area contributed by atoms with Gasteiger partial charge in [0.15, 0.2) is 0 Å². The number of pyridine rings is 1. The van der Waals surface area contributed by atoms with E-state index in [9.17, 15) is 14.4 Å². The van der Waals surface area contributed by atoms with Crippen molar-refractivity contribution in [2.45, 2.75) is 25.8 Å². The summed E-state index contributed by atoms with van der Waals surface area (Å²) in [5.74, 6) is -0.348. The average Bonchev–Trinajstić information content (AvgIpc) is 2.49. The summed E-state index contributed by atoms with van der Waals surface area (Å²) in [5, 5.41) is 5.50. The lowest BCUT2D eigenvalue weighted by Gasteiger charge is -2.31. The number of likely N-dealkylation sites (N-methyl/N-ethyl adjacent to an activating group) is 1. The van der Waals surface area contributed by atoms with Crippen LogP contribution in [0.5, 0.6) is 0 Å². The molecule has 1 aromatic heterocycles. The van der Waals surface area contributed by atoms with Crippen molar-refractivity contribution in [2.75, 3.05) is 26.7 Å². The van der Waals surface area contributed by atoms with Gasteiger partial charge in [-0.1, -0.05) is 0 Å². The van der Waals surface area contributed by atoms with Crippen LogP contribution in [0.4, 0.5) is 0 Å². The van der Waals surface area contributed by atoms with Gasteiger partial charge in [0, 0.05) is 31.9 Å². The highest BCUT2D eigenvalue weighted by Crippen LogP contribution is 2.10. The van der Waals surface area contributed by atoms with E-state index in [0.717, 1.165) is 31.6 Å². The van der Waals surface area contributed by atoms with Gasteiger partial charge in [0.05, 0.1) is 6.54 Å². The number of aromatic nitrogens is 1. The molecule has 1 saturated heterocycles. The minimum Gasteiger partial charge on any atom is -0.358 e. The van der Waals surface area contributed by atoms with Crippen molar-refractivity contribution < 1.29 is 9.59 Å². The number of likely N-dealkylation sites (tertiary alicyclic amines) is 1. The zero-order valence-corrected chi connectivity index (χ0v) is 12.9. The van der Waals surface area contributed by atoms with Crippen LogP contribution >= 0.6 is 0 Å². The normalized spacial score (nSPS) is 16.3. The molecule has 7 nitrogen and oxygen atoms in total. The minimum absolute atomic E-state index is 0.00586. The van der Waals surface area contributed by atoms with E-state index in [2.05, 4.69) is 20.5 Å².